The van der Waals surface area contributed by atoms with E-state index >= 15 is 0 Å². The van der Waals surface area contributed by atoms with Crippen molar-refractivity contribution in [3.8, 4) is 0 Å². The molecule has 0 unspecified atom stereocenters. The minimum absolute atomic E-state index is 0. The summed E-state index contributed by atoms with van der Waals surface area (Å²) in [7, 11) is 0. The fourth-order valence-corrected chi connectivity index (χ4v) is 0.340. The van der Waals surface area contributed by atoms with Gasteiger partial charge in [-0.3, -0.25) is 6.08 Å². The quantitative estimate of drug-likeness (QED) is 0.457. The molecule has 1 aliphatic rings. The van der Waals surface area contributed by atoms with Crippen LogP contribution in [0.3, 0.4) is 0 Å². The van der Waals surface area contributed by atoms with Crippen LogP contribution in [0, 0.1) is 6.08 Å². The van der Waals surface area contributed by atoms with Crippen LogP contribution in [-0.4, -0.2) is 8.41 Å². The average molecular weight is 274 g/mol. The third kappa shape index (κ3) is 4.13. The van der Waals surface area contributed by atoms with Gasteiger partial charge >= 0.3 is 22.4 Å². The molecule has 0 heterocycles. The maximum Gasteiger partial charge on any atom is 1.00 e. The Morgan fingerprint density at radius 2 is 2.29 bits per heavy atom. The Morgan fingerprint density at radius 1 is 1.57 bits per heavy atom. The molecule has 0 N–H and O–H groups in total. The molecule has 41 valence electrons. The fourth-order valence-electron chi connectivity index (χ4n) is 0.340. The zero-order valence-corrected chi connectivity index (χ0v) is 5.98. The van der Waals surface area contributed by atoms with E-state index in [9.17, 15) is 0 Å². The fraction of sp³-hybridized carbons (Fsp3) is 0.200. The predicted octanol–water partition coefficient (Wildman–Crippen LogP) is 1.03. The zero-order chi connectivity index (χ0) is 3.54. The van der Waals surface area contributed by atoms with E-state index in [0.717, 1.165) is 6.42 Å². The monoisotopic (exact) mass is 274 g/mol. The largest absolute Gasteiger partial charge is 1.00 e. The smallest absolute Gasteiger partial charge is 1.00 e. The molecule has 0 nitrogen and oxygen atoms in total. The molecule has 0 amide bonds. The van der Waals surface area contributed by atoms with Crippen molar-refractivity contribution in [1.82, 2.24) is 0 Å². The molecule has 0 aromatic carbocycles. The van der Waals surface area contributed by atoms with Crippen molar-refractivity contribution in [2.24, 2.45) is 0 Å². The van der Waals surface area contributed by atoms with Crippen LogP contribution in [0.5, 0.6) is 0 Å². The first-order chi connectivity index (χ1) is 2.50. The summed E-state index contributed by atoms with van der Waals surface area (Å²) in [4.78, 5) is 0. The minimum atomic E-state index is 0. The van der Waals surface area contributed by atoms with Crippen molar-refractivity contribution in [1.29, 1.82) is 0 Å². The Balaban J connectivity index is -0.0000000833. The van der Waals surface area contributed by atoms with Gasteiger partial charge in [-0.25, -0.2) is 12.2 Å². The number of hydrogen-bond donors (Lipinski definition) is 0. The average Bonchev–Trinajstić information content (AvgIpc) is 1.76. The van der Waals surface area contributed by atoms with Gasteiger partial charge in [0.05, 0.1) is 0 Å². The van der Waals surface area contributed by atoms with Crippen LogP contribution in [0.15, 0.2) is 18.2 Å². The third-order valence-corrected chi connectivity index (χ3v) is 0.586. The van der Waals surface area contributed by atoms with Gasteiger partial charge in [-0.2, -0.15) is 6.08 Å². The molecule has 0 saturated carbocycles. The summed E-state index contributed by atoms with van der Waals surface area (Å²) >= 11 is 0. The van der Waals surface area contributed by atoms with Crippen LogP contribution in [0.2, 0.25) is 0 Å². The van der Waals surface area contributed by atoms with Gasteiger partial charge in [0, 0.05) is 8.41 Å². The van der Waals surface area contributed by atoms with Gasteiger partial charge in [-0.05, 0) is 0 Å². The summed E-state index contributed by atoms with van der Waals surface area (Å²) in [5.74, 6) is 0. The van der Waals surface area contributed by atoms with Crippen molar-refractivity contribution >= 4 is 8.41 Å². The van der Waals surface area contributed by atoms with Gasteiger partial charge < -0.3 is 1.43 Å². The van der Waals surface area contributed by atoms with E-state index in [0.29, 0.717) is 0 Å². The predicted molar refractivity (Wildman–Crippen MR) is 28.4 cm³/mol. The van der Waals surface area contributed by atoms with E-state index in [-0.39, 0.29) is 32.2 Å². The van der Waals surface area contributed by atoms with Crippen LogP contribution in [0.25, 0.3) is 0 Å². The van der Waals surface area contributed by atoms with Crippen LogP contribution in [-0.2, 0) is 22.4 Å². The van der Waals surface area contributed by atoms with Crippen molar-refractivity contribution < 1.29 is 23.8 Å². The van der Waals surface area contributed by atoms with Gasteiger partial charge in [0.15, 0.2) is 0 Å². The maximum absolute atomic E-state index is 2.99. The van der Waals surface area contributed by atoms with Crippen LogP contribution in [0.4, 0.5) is 0 Å². The van der Waals surface area contributed by atoms with Crippen molar-refractivity contribution in [2.45, 2.75) is 6.42 Å². The summed E-state index contributed by atoms with van der Waals surface area (Å²) < 4.78 is 0. The first kappa shape index (κ1) is 10.3. The molecule has 0 aliphatic heterocycles. The standard InChI is InChI=1S/C5H5.Au.B.H/c1-2-4-5-3-1;;;/h1-3H,4H2;;;/q-1;+1;;-1. The van der Waals surface area contributed by atoms with Crippen molar-refractivity contribution in [3.05, 3.63) is 24.3 Å². The number of rotatable bonds is 0. The van der Waals surface area contributed by atoms with Gasteiger partial charge in [0.25, 0.3) is 0 Å². The second-order valence-corrected chi connectivity index (χ2v) is 1.00. The van der Waals surface area contributed by atoms with Gasteiger partial charge in [0.1, 0.15) is 0 Å². The second-order valence-electron chi connectivity index (χ2n) is 1.00. The summed E-state index contributed by atoms with van der Waals surface area (Å²) in [6, 6.07) is 0. The normalized spacial score (nSPS) is 12.6. The summed E-state index contributed by atoms with van der Waals surface area (Å²) in [6.07, 6.45) is 10.0. The third-order valence-electron chi connectivity index (χ3n) is 0.586. The molecule has 0 spiro atoms. The van der Waals surface area contributed by atoms with Crippen LogP contribution >= 0.6 is 0 Å². The molecule has 7 heavy (non-hydrogen) atoms. The topological polar surface area (TPSA) is 0 Å². The molecule has 1 rings (SSSR count). The molecule has 0 atom stereocenters. The van der Waals surface area contributed by atoms with Crippen LogP contribution in [0.1, 0.15) is 7.85 Å². The van der Waals surface area contributed by atoms with E-state index in [1.807, 2.05) is 12.2 Å². The Morgan fingerprint density at radius 3 is 2.43 bits per heavy atom. The molecule has 3 radical (unpaired) electrons. The Labute approximate surface area is 63.3 Å². The van der Waals surface area contributed by atoms with E-state index in [4.69, 9.17) is 0 Å². The second kappa shape index (κ2) is 6.29. The van der Waals surface area contributed by atoms with Crippen molar-refractivity contribution in [2.75, 3.05) is 0 Å². The van der Waals surface area contributed by atoms with E-state index < -0.39 is 0 Å². The zero-order valence-electron chi connectivity index (χ0n) is 4.82. The SMILES string of the molecule is [Au+].[B].[C-]1=CC=CC1.[H-]. The minimum Gasteiger partial charge on any atom is -1.00 e. The van der Waals surface area contributed by atoms with E-state index in [2.05, 4.69) is 12.2 Å². The van der Waals surface area contributed by atoms with Gasteiger partial charge in [-0.1, -0.05) is 0 Å². The Bertz CT molecular complexity index is 70.5. The molecule has 2 heteroatoms. The summed E-state index contributed by atoms with van der Waals surface area (Å²) in [5.41, 5.74) is 0. The van der Waals surface area contributed by atoms with Gasteiger partial charge in [0.2, 0.25) is 0 Å². The molecule has 0 aromatic heterocycles. The molecule has 0 bridgehead atoms. The first-order valence-electron chi connectivity index (χ1n) is 1.72. The number of allylic oxidation sites excluding steroid dienone is 4. The molecule has 0 fully saturated rings. The maximum atomic E-state index is 2.99. The Kier molecular flexibility index (Phi) is 9.25. The van der Waals surface area contributed by atoms with E-state index in [1.165, 1.54) is 0 Å². The van der Waals surface area contributed by atoms with E-state index in [1.54, 1.807) is 0 Å². The van der Waals surface area contributed by atoms with Crippen LogP contribution < -0.4 is 0 Å². The first-order valence-corrected chi connectivity index (χ1v) is 1.72. The molecule has 0 saturated heterocycles. The molecule has 0 aromatic rings. The summed E-state index contributed by atoms with van der Waals surface area (Å²) in [5, 5.41) is 0. The molecule has 1 aliphatic carbocycles. The molecular weight excluding hydrogens is 268 g/mol. The summed E-state index contributed by atoms with van der Waals surface area (Å²) in [6.45, 7) is 0. The molecular formula is C5H6AuB-. The van der Waals surface area contributed by atoms with Crippen molar-refractivity contribution in [3.63, 3.8) is 0 Å². The van der Waals surface area contributed by atoms with Gasteiger partial charge in [-0.15, -0.1) is 6.42 Å². The Hall–Kier alpha value is 0.285. The number of hydrogen-bond acceptors (Lipinski definition) is 0.